The molecule has 1 rings (SSSR count). The molecule has 1 aromatic rings. The van der Waals surface area contributed by atoms with E-state index in [1.807, 2.05) is 45.0 Å². The van der Waals surface area contributed by atoms with Crippen LogP contribution in [-0.4, -0.2) is 11.4 Å². The maximum atomic E-state index is 11.9. The van der Waals surface area contributed by atoms with Crippen LogP contribution < -0.4 is 5.32 Å². The lowest BCUT2D eigenvalue weighted by Crippen LogP contribution is -2.42. The van der Waals surface area contributed by atoms with E-state index in [-0.39, 0.29) is 11.4 Å². The van der Waals surface area contributed by atoms with Gasteiger partial charge in [-0.05, 0) is 38.8 Å². The van der Waals surface area contributed by atoms with Crippen molar-refractivity contribution in [3.8, 4) is 0 Å². The summed E-state index contributed by atoms with van der Waals surface area (Å²) in [5.41, 5.74) is 1.64. The van der Waals surface area contributed by atoms with Gasteiger partial charge >= 0.3 is 0 Å². The Kier molecular flexibility index (Phi) is 3.51. The molecule has 0 aliphatic carbocycles. The number of carbonyl (C=O) groups is 1. The zero-order valence-electron chi connectivity index (χ0n) is 9.92. The number of hydrogen-bond donors (Lipinski definition) is 1. The minimum absolute atomic E-state index is 0.0138. The number of carbonyl (C=O) groups excluding carboxylic acids is 1. The third-order valence-corrected chi connectivity index (χ3v) is 2.73. The molecule has 0 atom stereocenters. The molecule has 0 heterocycles. The van der Waals surface area contributed by atoms with Crippen LogP contribution >= 0.6 is 0 Å². The molecule has 0 spiro atoms. The van der Waals surface area contributed by atoms with E-state index in [0.717, 1.165) is 17.5 Å². The summed E-state index contributed by atoms with van der Waals surface area (Å²) in [6.45, 7) is 8.08. The molecule has 2 nitrogen and oxygen atoms in total. The van der Waals surface area contributed by atoms with Crippen molar-refractivity contribution in [2.24, 2.45) is 0 Å². The van der Waals surface area contributed by atoms with E-state index in [1.54, 1.807) is 0 Å². The van der Waals surface area contributed by atoms with Crippen molar-refractivity contribution in [1.29, 1.82) is 0 Å². The van der Waals surface area contributed by atoms with Gasteiger partial charge in [0.2, 0.25) is 0 Å². The maximum Gasteiger partial charge on any atom is 0.251 e. The van der Waals surface area contributed by atoms with Crippen molar-refractivity contribution < 1.29 is 4.79 Å². The normalized spacial score (nSPS) is 11.2. The topological polar surface area (TPSA) is 29.1 Å². The van der Waals surface area contributed by atoms with E-state index in [0.29, 0.717) is 0 Å². The Bertz CT molecular complexity index is 355. The second-order valence-electron chi connectivity index (χ2n) is 4.51. The molecule has 0 aromatic heterocycles. The molecule has 0 bridgehead atoms. The van der Waals surface area contributed by atoms with E-state index >= 15 is 0 Å². The van der Waals surface area contributed by atoms with Crippen molar-refractivity contribution in [3.05, 3.63) is 35.4 Å². The van der Waals surface area contributed by atoms with Crippen LogP contribution in [0.25, 0.3) is 0 Å². The maximum absolute atomic E-state index is 11.9. The monoisotopic (exact) mass is 205 g/mol. The molecule has 2 heteroatoms. The molecule has 82 valence electrons. The van der Waals surface area contributed by atoms with Crippen molar-refractivity contribution in [2.75, 3.05) is 0 Å². The van der Waals surface area contributed by atoms with Gasteiger partial charge in [-0.25, -0.2) is 0 Å². The summed E-state index contributed by atoms with van der Waals surface area (Å²) in [7, 11) is 0. The molecule has 0 unspecified atom stereocenters. The zero-order valence-corrected chi connectivity index (χ0v) is 9.92. The highest BCUT2D eigenvalue weighted by Crippen LogP contribution is 2.11. The van der Waals surface area contributed by atoms with Crippen LogP contribution in [0.15, 0.2) is 24.3 Å². The SMILES string of the molecule is CCC(C)(C)NC(=O)c1ccccc1C. The number of aryl methyl sites for hydroxylation is 1. The van der Waals surface area contributed by atoms with Gasteiger partial charge in [0.1, 0.15) is 0 Å². The molecule has 1 aromatic carbocycles. The van der Waals surface area contributed by atoms with Gasteiger partial charge in [0, 0.05) is 11.1 Å². The minimum Gasteiger partial charge on any atom is -0.347 e. The number of amides is 1. The van der Waals surface area contributed by atoms with Gasteiger partial charge in [-0.3, -0.25) is 4.79 Å². The van der Waals surface area contributed by atoms with Crippen LogP contribution in [0.1, 0.15) is 43.1 Å². The summed E-state index contributed by atoms with van der Waals surface area (Å²) in [4.78, 5) is 11.9. The number of benzene rings is 1. The average Bonchev–Trinajstić information content (AvgIpc) is 2.17. The number of hydrogen-bond acceptors (Lipinski definition) is 1. The van der Waals surface area contributed by atoms with Gasteiger partial charge in [0.15, 0.2) is 0 Å². The van der Waals surface area contributed by atoms with Gasteiger partial charge in [-0.2, -0.15) is 0 Å². The average molecular weight is 205 g/mol. The van der Waals surface area contributed by atoms with Crippen LogP contribution in [0.4, 0.5) is 0 Å². The first-order chi connectivity index (χ1) is 6.96. The molecule has 0 fully saturated rings. The molecule has 1 N–H and O–H groups in total. The summed E-state index contributed by atoms with van der Waals surface area (Å²) in [5, 5.41) is 3.02. The molecule has 0 saturated carbocycles. The number of rotatable bonds is 3. The Morgan fingerprint density at radius 3 is 2.47 bits per heavy atom. The molecule has 0 aliphatic heterocycles. The summed E-state index contributed by atoms with van der Waals surface area (Å²) >= 11 is 0. The van der Waals surface area contributed by atoms with Crippen LogP contribution in [0.2, 0.25) is 0 Å². The molecule has 1 amide bonds. The van der Waals surface area contributed by atoms with Crippen molar-refractivity contribution >= 4 is 5.91 Å². The minimum atomic E-state index is -0.140. The molecule has 0 radical (unpaired) electrons. The molecule has 15 heavy (non-hydrogen) atoms. The van der Waals surface area contributed by atoms with E-state index < -0.39 is 0 Å². The molecule has 0 saturated heterocycles. The Labute approximate surface area is 91.7 Å². The zero-order chi connectivity index (χ0) is 11.5. The van der Waals surface area contributed by atoms with Crippen LogP contribution in [-0.2, 0) is 0 Å². The second-order valence-corrected chi connectivity index (χ2v) is 4.51. The Hall–Kier alpha value is -1.31. The van der Waals surface area contributed by atoms with Crippen molar-refractivity contribution in [1.82, 2.24) is 5.32 Å². The van der Waals surface area contributed by atoms with Crippen molar-refractivity contribution in [2.45, 2.75) is 39.7 Å². The van der Waals surface area contributed by atoms with Crippen LogP contribution in [0, 0.1) is 6.92 Å². The van der Waals surface area contributed by atoms with Gasteiger partial charge in [-0.15, -0.1) is 0 Å². The summed E-state index contributed by atoms with van der Waals surface area (Å²) in [5.74, 6) is 0.0138. The van der Waals surface area contributed by atoms with Gasteiger partial charge in [0.25, 0.3) is 5.91 Å². The number of nitrogens with one attached hydrogen (secondary N) is 1. The largest absolute Gasteiger partial charge is 0.347 e. The fourth-order valence-electron chi connectivity index (χ4n) is 1.29. The first-order valence-corrected chi connectivity index (χ1v) is 5.34. The van der Waals surface area contributed by atoms with Crippen LogP contribution in [0.5, 0.6) is 0 Å². The Morgan fingerprint density at radius 2 is 1.93 bits per heavy atom. The molecule has 0 aliphatic rings. The third-order valence-electron chi connectivity index (χ3n) is 2.73. The smallest absolute Gasteiger partial charge is 0.251 e. The lowest BCUT2D eigenvalue weighted by Gasteiger charge is -2.24. The van der Waals surface area contributed by atoms with E-state index in [9.17, 15) is 4.79 Å². The van der Waals surface area contributed by atoms with Crippen LogP contribution in [0.3, 0.4) is 0 Å². The summed E-state index contributed by atoms with van der Waals surface area (Å²) in [6.07, 6.45) is 0.921. The lowest BCUT2D eigenvalue weighted by atomic mass is 10.0. The fraction of sp³-hybridized carbons (Fsp3) is 0.462. The van der Waals surface area contributed by atoms with E-state index in [4.69, 9.17) is 0 Å². The quantitative estimate of drug-likeness (QED) is 0.807. The van der Waals surface area contributed by atoms with E-state index in [1.165, 1.54) is 0 Å². The first-order valence-electron chi connectivity index (χ1n) is 5.34. The highest BCUT2D eigenvalue weighted by molar-refractivity contribution is 5.96. The Balaban J connectivity index is 2.83. The standard InChI is InChI=1S/C13H19NO/c1-5-13(3,4)14-12(15)11-9-7-6-8-10(11)2/h6-9H,5H2,1-4H3,(H,14,15). The predicted octanol–water partition coefficient (Wildman–Crippen LogP) is 2.91. The third kappa shape index (κ3) is 3.08. The van der Waals surface area contributed by atoms with Gasteiger partial charge in [-0.1, -0.05) is 25.1 Å². The van der Waals surface area contributed by atoms with Crippen molar-refractivity contribution in [3.63, 3.8) is 0 Å². The molecular weight excluding hydrogens is 186 g/mol. The second kappa shape index (κ2) is 4.47. The summed E-state index contributed by atoms with van der Waals surface area (Å²) < 4.78 is 0. The van der Waals surface area contributed by atoms with Gasteiger partial charge < -0.3 is 5.32 Å². The highest BCUT2D eigenvalue weighted by Gasteiger charge is 2.19. The summed E-state index contributed by atoms with van der Waals surface area (Å²) in [6, 6.07) is 7.64. The first kappa shape index (κ1) is 11.8. The Morgan fingerprint density at radius 1 is 1.33 bits per heavy atom. The predicted molar refractivity (Wildman–Crippen MR) is 63.0 cm³/mol. The lowest BCUT2D eigenvalue weighted by molar-refractivity contribution is 0.0910. The fourth-order valence-corrected chi connectivity index (χ4v) is 1.29. The van der Waals surface area contributed by atoms with E-state index in [2.05, 4.69) is 12.2 Å². The highest BCUT2D eigenvalue weighted by atomic mass is 16.1. The molecular formula is C13H19NO. The van der Waals surface area contributed by atoms with Gasteiger partial charge in [0.05, 0.1) is 0 Å².